The molecule has 1 fully saturated rings. The summed E-state index contributed by atoms with van der Waals surface area (Å²) in [7, 11) is 0. The Kier molecular flexibility index (Phi) is 5.60. The fourth-order valence-corrected chi connectivity index (χ4v) is 2.90. The first-order valence-electron chi connectivity index (χ1n) is 7.75. The number of hydrogen-bond acceptors (Lipinski definition) is 2. The van der Waals surface area contributed by atoms with Crippen molar-refractivity contribution in [3.63, 3.8) is 0 Å². The third-order valence-electron chi connectivity index (χ3n) is 4.37. The van der Waals surface area contributed by atoms with Crippen molar-refractivity contribution in [2.45, 2.75) is 45.1 Å². The normalized spacial score (nSPS) is 24.1. The summed E-state index contributed by atoms with van der Waals surface area (Å²) in [6, 6.07) is 10.6. The fourth-order valence-electron chi connectivity index (χ4n) is 2.90. The van der Waals surface area contributed by atoms with Crippen molar-refractivity contribution in [1.29, 1.82) is 0 Å². The highest BCUT2D eigenvalue weighted by Crippen LogP contribution is 2.23. The number of piperidine rings is 1. The molecule has 3 nitrogen and oxygen atoms in total. The van der Waals surface area contributed by atoms with Crippen LogP contribution >= 0.6 is 0 Å². The van der Waals surface area contributed by atoms with Gasteiger partial charge in [-0.15, -0.1) is 0 Å². The Bertz CT molecular complexity index is 418. The van der Waals surface area contributed by atoms with Gasteiger partial charge in [0.05, 0.1) is 0 Å². The first-order valence-corrected chi connectivity index (χ1v) is 7.75. The topological polar surface area (TPSA) is 41.1 Å². The lowest BCUT2D eigenvalue weighted by atomic mass is 9.91. The van der Waals surface area contributed by atoms with Crippen molar-refractivity contribution >= 4 is 5.91 Å². The molecule has 1 aliphatic rings. The Morgan fingerprint density at radius 2 is 2.15 bits per heavy atom. The van der Waals surface area contributed by atoms with Crippen LogP contribution in [0.1, 0.15) is 44.6 Å². The van der Waals surface area contributed by atoms with E-state index in [1.165, 1.54) is 5.56 Å². The van der Waals surface area contributed by atoms with E-state index in [0.717, 1.165) is 25.9 Å². The maximum absolute atomic E-state index is 12.3. The maximum Gasteiger partial charge on any atom is 0.220 e. The monoisotopic (exact) mass is 274 g/mol. The second-order valence-electron chi connectivity index (χ2n) is 5.86. The third kappa shape index (κ3) is 4.07. The van der Waals surface area contributed by atoms with Gasteiger partial charge >= 0.3 is 0 Å². The fraction of sp³-hybridized carbons (Fsp3) is 0.588. The van der Waals surface area contributed by atoms with E-state index in [4.69, 9.17) is 0 Å². The average molecular weight is 274 g/mol. The van der Waals surface area contributed by atoms with E-state index in [0.29, 0.717) is 18.3 Å². The Balaban J connectivity index is 1.89. The molecule has 0 spiro atoms. The lowest BCUT2D eigenvalue weighted by Crippen LogP contribution is -2.50. The van der Waals surface area contributed by atoms with Crippen molar-refractivity contribution in [2.75, 3.05) is 13.1 Å². The largest absolute Gasteiger partial charge is 0.352 e. The van der Waals surface area contributed by atoms with Gasteiger partial charge in [0, 0.05) is 19.0 Å². The molecule has 0 aliphatic carbocycles. The second kappa shape index (κ2) is 7.44. The zero-order valence-electron chi connectivity index (χ0n) is 12.6. The molecule has 1 saturated heterocycles. The lowest BCUT2D eigenvalue weighted by Gasteiger charge is -2.30. The Labute approximate surface area is 122 Å². The second-order valence-corrected chi connectivity index (χ2v) is 5.86. The van der Waals surface area contributed by atoms with Gasteiger partial charge in [-0.3, -0.25) is 4.79 Å². The van der Waals surface area contributed by atoms with E-state index >= 15 is 0 Å². The number of nitrogens with one attached hydrogen (secondary N) is 2. The summed E-state index contributed by atoms with van der Waals surface area (Å²) in [5.41, 5.74) is 1.26. The molecule has 0 saturated carbocycles. The third-order valence-corrected chi connectivity index (χ3v) is 4.37. The van der Waals surface area contributed by atoms with Crippen LogP contribution < -0.4 is 10.6 Å². The molecular weight excluding hydrogens is 248 g/mol. The maximum atomic E-state index is 12.3. The highest BCUT2D eigenvalue weighted by atomic mass is 16.1. The van der Waals surface area contributed by atoms with E-state index in [9.17, 15) is 4.79 Å². The van der Waals surface area contributed by atoms with Crippen molar-refractivity contribution < 1.29 is 4.79 Å². The van der Waals surface area contributed by atoms with Gasteiger partial charge in [0.1, 0.15) is 0 Å². The number of hydrogen-bond donors (Lipinski definition) is 2. The van der Waals surface area contributed by atoms with Crippen LogP contribution in [-0.4, -0.2) is 25.0 Å². The van der Waals surface area contributed by atoms with Crippen LogP contribution in [0.3, 0.4) is 0 Å². The standard InChI is InChI=1S/C17H26N2O/c1-3-14(15-7-5-4-6-8-15)11-17(20)19-16-12-18-10-9-13(16)2/h4-8,13-14,16,18H,3,9-12H2,1-2H3,(H,19,20). The quantitative estimate of drug-likeness (QED) is 0.867. The van der Waals surface area contributed by atoms with Gasteiger partial charge in [-0.2, -0.15) is 0 Å². The van der Waals surface area contributed by atoms with Crippen LogP contribution in [0.2, 0.25) is 0 Å². The molecule has 20 heavy (non-hydrogen) atoms. The molecule has 3 heteroatoms. The minimum Gasteiger partial charge on any atom is -0.352 e. The molecule has 1 aliphatic heterocycles. The predicted molar refractivity (Wildman–Crippen MR) is 82.7 cm³/mol. The average Bonchev–Trinajstić information content (AvgIpc) is 2.48. The molecule has 110 valence electrons. The van der Waals surface area contributed by atoms with Gasteiger partial charge < -0.3 is 10.6 Å². The van der Waals surface area contributed by atoms with Gasteiger partial charge in [-0.1, -0.05) is 44.2 Å². The number of carbonyl (C=O) groups is 1. The summed E-state index contributed by atoms with van der Waals surface area (Å²) in [5, 5.41) is 6.56. The van der Waals surface area contributed by atoms with Crippen molar-refractivity contribution in [3.8, 4) is 0 Å². The van der Waals surface area contributed by atoms with Crippen LogP contribution in [0.4, 0.5) is 0 Å². The Morgan fingerprint density at radius 1 is 1.40 bits per heavy atom. The molecule has 0 bridgehead atoms. The minimum atomic E-state index is 0.182. The van der Waals surface area contributed by atoms with Gasteiger partial charge in [-0.05, 0) is 36.8 Å². The van der Waals surface area contributed by atoms with E-state index in [1.54, 1.807) is 0 Å². The van der Waals surface area contributed by atoms with E-state index in [-0.39, 0.29) is 11.9 Å². The van der Waals surface area contributed by atoms with Crippen molar-refractivity contribution in [3.05, 3.63) is 35.9 Å². The van der Waals surface area contributed by atoms with Crippen molar-refractivity contribution in [1.82, 2.24) is 10.6 Å². The zero-order valence-corrected chi connectivity index (χ0v) is 12.6. The van der Waals surface area contributed by atoms with Gasteiger partial charge in [-0.25, -0.2) is 0 Å². The van der Waals surface area contributed by atoms with Crippen LogP contribution in [0.15, 0.2) is 30.3 Å². The number of carbonyl (C=O) groups excluding carboxylic acids is 1. The molecule has 1 heterocycles. The zero-order chi connectivity index (χ0) is 14.4. The van der Waals surface area contributed by atoms with E-state index in [1.807, 2.05) is 18.2 Å². The lowest BCUT2D eigenvalue weighted by molar-refractivity contribution is -0.122. The summed E-state index contributed by atoms with van der Waals surface area (Å²) in [6.07, 6.45) is 2.72. The van der Waals surface area contributed by atoms with Gasteiger partial charge in [0.25, 0.3) is 0 Å². The molecular formula is C17H26N2O. The molecule has 0 radical (unpaired) electrons. The highest BCUT2D eigenvalue weighted by molar-refractivity contribution is 5.77. The van der Waals surface area contributed by atoms with Gasteiger partial charge in [0.2, 0.25) is 5.91 Å². The number of rotatable bonds is 5. The Morgan fingerprint density at radius 3 is 2.80 bits per heavy atom. The summed E-state index contributed by atoms with van der Waals surface area (Å²) in [6.45, 7) is 6.33. The van der Waals surface area contributed by atoms with Crippen LogP contribution in [-0.2, 0) is 4.79 Å². The minimum absolute atomic E-state index is 0.182. The summed E-state index contributed by atoms with van der Waals surface area (Å²) in [4.78, 5) is 12.3. The molecule has 1 aromatic carbocycles. The SMILES string of the molecule is CCC(CC(=O)NC1CNCCC1C)c1ccccc1. The molecule has 0 aromatic heterocycles. The van der Waals surface area contributed by atoms with Crippen LogP contribution in [0.5, 0.6) is 0 Å². The number of benzene rings is 1. The van der Waals surface area contributed by atoms with Gasteiger partial charge in [0.15, 0.2) is 0 Å². The molecule has 1 amide bonds. The number of amides is 1. The summed E-state index contributed by atoms with van der Waals surface area (Å²) in [5.74, 6) is 1.07. The van der Waals surface area contributed by atoms with E-state index < -0.39 is 0 Å². The smallest absolute Gasteiger partial charge is 0.220 e. The first-order chi connectivity index (χ1) is 9.70. The molecule has 1 aromatic rings. The first kappa shape index (κ1) is 15.0. The molecule has 3 unspecified atom stereocenters. The molecule has 2 N–H and O–H groups in total. The predicted octanol–water partition coefficient (Wildman–Crippen LogP) is 2.68. The van der Waals surface area contributed by atoms with Crippen molar-refractivity contribution in [2.24, 2.45) is 5.92 Å². The molecule has 3 atom stereocenters. The van der Waals surface area contributed by atoms with Crippen LogP contribution in [0, 0.1) is 5.92 Å². The highest BCUT2D eigenvalue weighted by Gasteiger charge is 2.23. The molecule has 2 rings (SSSR count). The van der Waals surface area contributed by atoms with Crippen LogP contribution in [0.25, 0.3) is 0 Å². The summed E-state index contributed by atoms with van der Waals surface area (Å²) < 4.78 is 0. The Hall–Kier alpha value is -1.35. The van der Waals surface area contributed by atoms with E-state index in [2.05, 4.69) is 36.6 Å². The summed E-state index contributed by atoms with van der Waals surface area (Å²) >= 11 is 0.